The van der Waals surface area contributed by atoms with Gasteiger partial charge in [0.25, 0.3) is 5.91 Å². The lowest BCUT2D eigenvalue weighted by Crippen LogP contribution is -2.30. The average Bonchev–Trinajstić information content (AvgIpc) is 3.34. The molecule has 0 saturated heterocycles. The number of aryl methyl sites for hydroxylation is 1. The quantitative estimate of drug-likeness (QED) is 0.212. The summed E-state index contributed by atoms with van der Waals surface area (Å²) < 4.78 is 55.1. The summed E-state index contributed by atoms with van der Waals surface area (Å²) in [6, 6.07) is 13.6. The zero-order valence-corrected chi connectivity index (χ0v) is 22.9. The third-order valence-electron chi connectivity index (χ3n) is 6.21. The Morgan fingerprint density at radius 1 is 1.15 bits per heavy atom. The Labute approximate surface area is 232 Å². The second kappa shape index (κ2) is 12.8. The Bertz CT molecular complexity index is 1540. The second-order valence-electron chi connectivity index (χ2n) is 8.64. The average molecular weight is 569 g/mol. The Morgan fingerprint density at radius 3 is 2.45 bits per heavy atom. The van der Waals surface area contributed by atoms with Gasteiger partial charge in [-0.3, -0.25) is 9.00 Å². The smallest absolute Gasteiger partial charge is 0.337 e. The predicted octanol–water partition coefficient (Wildman–Crippen LogP) is 4.02. The van der Waals surface area contributed by atoms with Crippen LogP contribution >= 0.6 is 0 Å². The molecule has 1 amide bonds. The van der Waals surface area contributed by atoms with Crippen molar-refractivity contribution in [3.8, 4) is 17.1 Å². The van der Waals surface area contributed by atoms with E-state index in [-0.39, 0.29) is 36.7 Å². The summed E-state index contributed by atoms with van der Waals surface area (Å²) >= 11 is -2.58. The van der Waals surface area contributed by atoms with E-state index >= 15 is 0 Å². The summed E-state index contributed by atoms with van der Waals surface area (Å²) in [6.07, 6.45) is 0.519. The van der Waals surface area contributed by atoms with Gasteiger partial charge in [0, 0.05) is 30.4 Å². The summed E-state index contributed by atoms with van der Waals surface area (Å²) in [4.78, 5) is 29.0. The zero-order chi connectivity index (χ0) is 28.8. The topological polar surface area (TPSA) is 134 Å². The van der Waals surface area contributed by atoms with Crippen LogP contribution in [0.1, 0.15) is 38.9 Å². The number of carbonyl (C=O) groups is 2. The number of fused-ring (bicyclic) bond motifs is 1. The van der Waals surface area contributed by atoms with Crippen molar-refractivity contribution in [3.05, 3.63) is 82.8 Å². The van der Waals surface area contributed by atoms with Crippen LogP contribution in [-0.2, 0) is 29.0 Å². The molecule has 4 aromatic rings. The number of carbonyl (C=O) groups excluding carboxylic acids is 2. The van der Waals surface area contributed by atoms with Gasteiger partial charge in [0.05, 0.1) is 35.9 Å². The highest BCUT2D eigenvalue weighted by atomic mass is 32.2. The lowest BCUT2D eigenvalue weighted by molar-refractivity contribution is 0.0600. The Morgan fingerprint density at radius 2 is 1.85 bits per heavy atom. The van der Waals surface area contributed by atoms with Crippen molar-refractivity contribution in [2.45, 2.75) is 19.9 Å². The van der Waals surface area contributed by atoms with E-state index in [1.807, 2.05) is 6.92 Å². The summed E-state index contributed by atoms with van der Waals surface area (Å²) in [5.74, 6) is -0.600. The van der Waals surface area contributed by atoms with Gasteiger partial charge < -0.3 is 23.8 Å². The molecule has 4 rings (SSSR count). The number of aromatic nitrogens is 1. The molecule has 2 aromatic heterocycles. The van der Waals surface area contributed by atoms with Crippen molar-refractivity contribution >= 4 is 34.2 Å². The molecule has 40 heavy (non-hydrogen) atoms. The number of methoxy groups -OCH3 is 1. The van der Waals surface area contributed by atoms with Crippen molar-refractivity contribution in [1.29, 1.82) is 0 Å². The van der Waals surface area contributed by atoms with E-state index in [4.69, 9.17) is 9.15 Å². The molecule has 0 aliphatic heterocycles. The maximum atomic E-state index is 13.5. The molecule has 2 heterocycles. The molecule has 12 heteroatoms. The van der Waals surface area contributed by atoms with Crippen LogP contribution in [0.4, 0.5) is 4.39 Å². The van der Waals surface area contributed by atoms with Gasteiger partial charge in [0.2, 0.25) is 5.71 Å². The number of nitrogens with zero attached hydrogens (tertiary/aromatic N) is 2. The number of hydrogen-bond acceptors (Lipinski definition) is 8. The largest absolute Gasteiger partial charge is 0.760 e. The van der Waals surface area contributed by atoms with Gasteiger partial charge in [0.15, 0.2) is 0 Å². The minimum Gasteiger partial charge on any atom is -0.760 e. The molecule has 1 N–H and O–H groups in total. The highest BCUT2D eigenvalue weighted by molar-refractivity contribution is 7.76. The van der Waals surface area contributed by atoms with Crippen LogP contribution in [0.15, 0.2) is 59.0 Å². The molecule has 1 atom stereocenters. The Hall–Kier alpha value is -4.13. The van der Waals surface area contributed by atoms with E-state index in [9.17, 15) is 22.7 Å². The number of furan rings is 1. The third-order valence-corrected chi connectivity index (χ3v) is 6.95. The molecule has 0 saturated carbocycles. The zero-order valence-electron chi connectivity index (χ0n) is 22.1. The van der Waals surface area contributed by atoms with Gasteiger partial charge in [0.1, 0.15) is 23.9 Å². The van der Waals surface area contributed by atoms with E-state index < -0.39 is 29.0 Å². The number of nitrogens with one attached hydrogen (secondary N) is 1. The molecule has 2 aromatic carbocycles. The van der Waals surface area contributed by atoms with Crippen LogP contribution in [0, 0.1) is 5.82 Å². The standard InChI is InChI=1S/C28H28FN3O7S/c1-4-17-15-22-24(26(33)30-2)25(18-5-9-20(29)10-6-18)39-27(22)31-23(17)16-32(40(35)36)13-14-38-21-11-7-19(8-12-21)28(34)37-3/h5-12,15H,4,13-14,16H2,1-3H3,(H,30,33)(H,35,36)/p-1. The van der Waals surface area contributed by atoms with Gasteiger partial charge in [-0.15, -0.1) is 0 Å². The van der Waals surface area contributed by atoms with Crippen molar-refractivity contribution < 1.29 is 36.6 Å². The highest BCUT2D eigenvalue weighted by Crippen LogP contribution is 2.34. The van der Waals surface area contributed by atoms with E-state index in [1.165, 1.54) is 42.7 Å². The van der Waals surface area contributed by atoms with Crippen LogP contribution in [0.5, 0.6) is 5.75 Å². The lowest BCUT2D eigenvalue weighted by atomic mass is 10.0. The molecular formula is C28H27FN3O7S-. The molecule has 0 aliphatic carbocycles. The van der Waals surface area contributed by atoms with Gasteiger partial charge in [-0.05, 0) is 66.6 Å². The molecule has 0 bridgehead atoms. The first-order valence-electron chi connectivity index (χ1n) is 12.3. The van der Waals surface area contributed by atoms with E-state index in [2.05, 4.69) is 15.0 Å². The number of amides is 1. The van der Waals surface area contributed by atoms with Crippen LogP contribution in [0.25, 0.3) is 22.4 Å². The molecular weight excluding hydrogens is 541 g/mol. The predicted molar refractivity (Wildman–Crippen MR) is 145 cm³/mol. The fraction of sp³-hybridized carbons (Fsp3) is 0.250. The number of hydrogen-bond donors (Lipinski definition) is 1. The van der Waals surface area contributed by atoms with Crippen LogP contribution in [0.2, 0.25) is 0 Å². The monoisotopic (exact) mass is 568 g/mol. The number of pyridine rings is 1. The first-order chi connectivity index (χ1) is 19.2. The summed E-state index contributed by atoms with van der Waals surface area (Å²) in [6.45, 7) is 1.92. The molecule has 0 spiro atoms. The van der Waals surface area contributed by atoms with E-state index in [0.717, 1.165) is 5.56 Å². The van der Waals surface area contributed by atoms with Crippen molar-refractivity contribution in [2.24, 2.45) is 0 Å². The number of rotatable bonds is 11. The van der Waals surface area contributed by atoms with Crippen molar-refractivity contribution in [2.75, 3.05) is 27.3 Å². The van der Waals surface area contributed by atoms with E-state index in [1.54, 1.807) is 30.3 Å². The van der Waals surface area contributed by atoms with Crippen molar-refractivity contribution in [1.82, 2.24) is 14.6 Å². The first-order valence-corrected chi connectivity index (χ1v) is 13.4. The maximum absolute atomic E-state index is 13.5. The number of halogens is 1. The minimum atomic E-state index is -2.58. The normalized spacial score (nSPS) is 11.9. The van der Waals surface area contributed by atoms with Crippen molar-refractivity contribution in [3.63, 3.8) is 0 Å². The number of ether oxygens (including phenoxy) is 2. The molecule has 1 unspecified atom stereocenters. The molecule has 0 fully saturated rings. The molecule has 0 aliphatic rings. The molecule has 10 nitrogen and oxygen atoms in total. The fourth-order valence-electron chi connectivity index (χ4n) is 4.14. The third kappa shape index (κ3) is 6.36. The summed E-state index contributed by atoms with van der Waals surface area (Å²) in [7, 11) is 2.78. The van der Waals surface area contributed by atoms with Crippen LogP contribution in [-0.4, -0.2) is 57.2 Å². The number of esters is 1. The van der Waals surface area contributed by atoms with Gasteiger partial charge in [-0.25, -0.2) is 18.5 Å². The minimum absolute atomic E-state index is 0.0280. The maximum Gasteiger partial charge on any atom is 0.337 e. The SMILES string of the molecule is CCc1cc2c(C(=O)NC)c(-c3ccc(F)cc3)oc2nc1CN(CCOc1ccc(C(=O)OC)cc1)S(=O)[O-]. The van der Waals surface area contributed by atoms with Gasteiger partial charge >= 0.3 is 5.97 Å². The van der Waals surface area contributed by atoms with Gasteiger partial charge in [-0.1, -0.05) is 6.92 Å². The highest BCUT2D eigenvalue weighted by Gasteiger charge is 2.24. The van der Waals surface area contributed by atoms with Crippen LogP contribution < -0.4 is 10.1 Å². The Balaban J connectivity index is 1.59. The summed E-state index contributed by atoms with van der Waals surface area (Å²) in [5, 5.41) is 3.07. The molecule has 210 valence electrons. The fourth-order valence-corrected chi connectivity index (χ4v) is 4.59. The first kappa shape index (κ1) is 28.9. The van der Waals surface area contributed by atoms with Crippen LogP contribution in [0.3, 0.4) is 0 Å². The summed E-state index contributed by atoms with van der Waals surface area (Å²) in [5.41, 5.74) is 2.48. The second-order valence-corrected chi connectivity index (χ2v) is 9.59. The van der Waals surface area contributed by atoms with E-state index in [0.29, 0.717) is 34.4 Å². The Kier molecular flexibility index (Phi) is 9.25. The number of benzene rings is 2. The molecule has 0 radical (unpaired) electrons. The van der Waals surface area contributed by atoms with Gasteiger partial charge in [-0.2, -0.15) is 0 Å². The lowest BCUT2D eigenvalue weighted by Gasteiger charge is -2.24.